The molecule has 1 amide bonds. The Kier molecular flexibility index (Phi) is 6.00. The zero-order valence-corrected chi connectivity index (χ0v) is 17.3. The molecule has 0 bridgehead atoms. The lowest BCUT2D eigenvalue weighted by Crippen LogP contribution is -2.27. The minimum absolute atomic E-state index is 0.153. The first-order chi connectivity index (χ1) is 13.0. The summed E-state index contributed by atoms with van der Waals surface area (Å²) in [5, 5.41) is 1.99. The number of benzene rings is 2. The van der Waals surface area contributed by atoms with E-state index in [0.29, 0.717) is 0 Å². The second kappa shape index (κ2) is 8.26. The highest BCUT2D eigenvalue weighted by molar-refractivity contribution is 8.18. The quantitative estimate of drug-likeness (QED) is 0.534. The highest BCUT2D eigenvalue weighted by Crippen LogP contribution is 2.66. The van der Waals surface area contributed by atoms with Crippen molar-refractivity contribution < 1.29 is 9.63 Å². The van der Waals surface area contributed by atoms with E-state index in [1.54, 1.807) is 7.05 Å². The number of carbonyl (C=O) groups excluding carboxylic acids is 1. The van der Waals surface area contributed by atoms with Gasteiger partial charge in [0.15, 0.2) is 0 Å². The standard InChI is InChI=1S/C20H24N3O2PS/c1-17(16-20(24)21(2)25-3)26(27)22(18-10-6-4-7-11-18)14-15-23(26)19-12-8-5-9-13-19/h4-13H,1,14-16H2,2-3H3. The lowest BCUT2D eigenvalue weighted by atomic mass is 10.3. The van der Waals surface area contributed by atoms with Crippen LogP contribution in [-0.2, 0) is 21.4 Å². The van der Waals surface area contributed by atoms with Gasteiger partial charge in [-0.25, -0.2) is 5.06 Å². The van der Waals surface area contributed by atoms with Crippen molar-refractivity contribution in [3.8, 4) is 0 Å². The van der Waals surface area contributed by atoms with Crippen LogP contribution >= 0.6 is 6.34 Å². The van der Waals surface area contributed by atoms with E-state index in [1.165, 1.54) is 12.2 Å². The van der Waals surface area contributed by atoms with Crippen LogP contribution in [0.5, 0.6) is 0 Å². The van der Waals surface area contributed by atoms with Gasteiger partial charge in [-0.05, 0) is 36.1 Å². The van der Waals surface area contributed by atoms with E-state index in [4.69, 9.17) is 16.6 Å². The molecule has 0 unspecified atom stereocenters. The van der Waals surface area contributed by atoms with Crippen LogP contribution in [0.3, 0.4) is 0 Å². The second-order valence-electron chi connectivity index (χ2n) is 6.28. The highest BCUT2D eigenvalue weighted by atomic mass is 32.4. The fraction of sp³-hybridized carbons (Fsp3) is 0.250. The van der Waals surface area contributed by atoms with Gasteiger partial charge in [0.1, 0.15) is 6.34 Å². The van der Waals surface area contributed by atoms with E-state index in [-0.39, 0.29) is 12.3 Å². The van der Waals surface area contributed by atoms with E-state index < -0.39 is 6.34 Å². The number of anilines is 2. The summed E-state index contributed by atoms with van der Waals surface area (Å²) in [4.78, 5) is 17.5. The summed E-state index contributed by atoms with van der Waals surface area (Å²) < 4.78 is 4.50. The smallest absolute Gasteiger partial charge is 0.250 e. The summed E-state index contributed by atoms with van der Waals surface area (Å²) in [5.74, 6) is -0.153. The third-order valence-electron chi connectivity index (χ3n) is 4.68. The second-order valence-corrected chi connectivity index (χ2v) is 10.5. The summed E-state index contributed by atoms with van der Waals surface area (Å²) in [7, 11) is 3.07. The number of carbonyl (C=O) groups is 1. The van der Waals surface area contributed by atoms with Crippen molar-refractivity contribution in [1.29, 1.82) is 0 Å². The van der Waals surface area contributed by atoms with Crippen LogP contribution in [-0.4, -0.2) is 38.2 Å². The lowest BCUT2D eigenvalue weighted by Gasteiger charge is -2.38. The molecule has 3 rings (SSSR count). The number of para-hydroxylation sites is 2. The van der Waals surface area contributed by atoms with Crippen molar-refractivity contribution in [1.82, 2.24) is 5.06 Å². The molecule has 1 aliphatic rings. The summed E-state index contributed by atoms with van der Waals surface area (Å²) in [6.07, 6.45) is -2.27. The fourth-order valence-corrected chi connectivity index (χ4v) is 7.34. The Morgan fingerprint density at radius 2 is 1.52 bits per heavy atom. The average Bonchev–Trinajstić information content (AvgIpc) is 3.07. The monoisotopic (exact) mass is 401 g/mol. The predicted molar refractivity (Wildman–Crippen MR) is 115 cm³/mol. The number of rotatable bonds is 6. The zero-order chi connectivity index (χ0) is 19.4. The molecule has 0 spiro atoms. The minimum atomic E-state index is -2.43. The number of hydroxylamine groups is 2. The molecule has 5 nitrogen and oxygen atoms in total. The van der Waals surface area contributed by atoms with Crippen LogP contribution in [0.2, 0.25) is 0 Å². The van der Waals surface area contributed by atoms with Crippen LogP contribution < -0.4 is 9.34 Å². The molecule has 142 valence electrons. The molecule has 27 heavy (non-hydrogen) atoms. The highest BCUT2D eigenvalue weighted by Gasteiger charge is 2.41. The summed E-state index contributed by atoms with van der Waals surface area (Å²) in [5.41, 5.74) is 2.13. The maximum absolute atomic E-state index is 12.4. The van der Waals surface area contributed by atoms with E-state index in [9.17, 15) is 4.79 Å². The molecular formula is C20H24N3O2PS. The Hall–Kier alpha value is -2.14. The number of hydrogen-bond donors (Lipinski definition) is 0. The van der Waals surface area contributed by atoms with Crippen molar-refractivity contribution in [3.63, 3.8) is 0 Å². The average molecular weight is 401 g/mol. The first-order valence-electron chi connectivity index (χ1n) is 8.73. The van der Waals surface area contributed by atoms with Gasteiger partial charge in [-0.15, -0.1) is 0 Å². The van der Waals surface area contributed by atoms with Gasteiger partial charge in [0, 0.05) is 36.8 Å². The molecule has 0 aromatic heterocycles. The molecule has 2 aromatic carbocycles. The van der Waals surface area contributed by atoms with Crippen molar-refractivity contribution in [3.05, 3.63) is 72.6 Å². The summed E-state index contributed by atoms with van der Waals surface area (Å²) in [6, 6.07) is 20.3. The molecule has 0 saturated carbocycles. The SMILES string of the molecule is C=C(CC(=O)N(C)OC)P1(=S)N(c2ccccc2)CCN1c1ccccc1. The minimum Gasteiger partial charge on any atom is -0.323 e. The third kappa shape index (κ3) is 3.79. The first kappa shape index (κ1) is 19.6. The van der Waals surface area contributed by atoms with Crippen molar-refractivity contribution in [2.75, 3.05) is 36.6 Å². The Bertz CT molecular complexity index is 809. The van der Waals surface area contributed by atoms with Gasteiger partial charge in [0.25, 0.3) is 0 Å². The Balaban J connectivity index is 2.00. The Morgan fingerprint density at radius 3 is 1.93 bits per heavy atom. The molecule has 2 aromatic rings. The van der Waals surface area contributed by atoms with Crippen LogP contribution in [0.4, 0.5) is 11.4 Å². The molecular weight excluding hydrogens is 377 g/mol. The van der Waals surface area contributed by atoms with Gasteiger partial charge < -0.3 is 9.34 Å². The van der Waals surface area contributed by atoms with E-state index in [0.717, 1.165) is 29.8 Å². The number of hydrogen-bond acceptors (Lipinski definition) is 3. The Labute approximate surface area is 165 Å². The van der Waals surface area contributed by atoms with E-state index in [1.807, 2.05) is 36.4 Å². The van der Waals surface area contributed by atoms with Gasteiger partial charge in [-0.1, -0.05) is 43.0 Å². The molecule has 1 saturated heterocycles. The molecule has 1 heterocycles. The largest absolute Gasteiger partial charge is 0.323 e. The number of amides is 1. The normalized spacial score (nSPS) is 15.6. The van der Waals surface area contributed by atoms with E-state index >= 15 is 0 Å². The lowest BCUT2D eigenvalue weighted by molar-refractivity contribution is -0.167. The topological polar surface area (TPSA) is 36.0 Å². The molecule has 0 radical (unpaired) electrons. The van der Waals surface area contributed by atoms with Crippen LogP contribution in [0.1, 0.15) is 6.42 Å². The van der Waals surface area contributed by atoms with Crippen molar-refractivity contribution >= 4 is 35.4 Å². The third-order valence-corrected chi connectivity index (χ3v) is 9.79. The Morgan fingerprint density at radius 1 is 1.07 bits per heavy atom. The molecule has 0 aliphatic carbocycles. The van der Waals surface area contributed by atoms with Gasteiger partial charge in [-0.2, -0.15) is 0 Å². The van der Waals surface area contributed by atoms with Gasteiger partial charge in [0.2, 0.25) is 5.91 Å². The van der Waals surface area contributed by atoms with Crippen molar-refractivity contribution in [2.45, 2.75) is 6.42 Å². The first-order valence-corrected chi connectivity index (χ1v) is 11.4. The van der Waals surface area contributed by atoms with Crippen LogP contribution in [0.15, 0.2) is 72.6 Å². The molecule has 1 fully saturated rings. The van der Waals surface area contributed by atoms with Crippen molar-refractivity contribution in [2.24, 2.45) is 0 Å². The van der Waals surface area contributed by atoms with Crippen LogP contribution in [0, 0.1) is 0 Å². The summed E-state index contributed by atoms with van der Waals surface area (Å²) in [6.45, 7) is 5.87. The molecule has 0 N–H and O–H groups in total. The predicted octanol–water partition coefficient (Wildman–Crippen LogP) is 4.25. The van der Waals surface area contributed by atoms with Gasteiger partial charge in [-0.3, -0.25) is 9.63 Å². The summed E-state index contributed by atoms with van der Waals surface area (Å²) >= 11 is 6.29. The molecule has 1 aliphatic heterocycles. The van der Waals surface area contributed by atoms with Gasteiger partial charge >= 0.3 is 0 Å². The van der Waals surface area contributed by atoms with Gasteiger partial charge in [0.05, 0.1) is 13.5 Å². The maximum Gasteiger partial charge on any atom is 0.250 e. The number of nitrogens with zero attached hydrogens (tertiary/aromatic N) is 3. The maximum atomic E-state index is 12.4. The molecule has 0 atom stereocenters. The fourth-order valence-electron chi connectivity index (χ4n) is 3.19. The zero-order valence-electron chi connectivity index (χ0n) is 15.6. The molecule has 7 heteroatoms. The van der Waals surface area contributed by atoms with E-state index in [2.05, 4.69) is 40.2 Å². The van der Waals surface area contributed by atoms with Crippen LogP contribution in [0.25, 0.3) is 0 Å².